The molecule has 2 aromatic heterocycles. The minimum Gasteiger partial charge on any atom is -0.361 e. The Hall–Kier alpha value is -2.56. The van der Waals surface area contributed by atoms with Crippen LogP contribution in [0.25, 0.3) is 21.8 Å². The van der Waals surface area contributed by atoms with E-state index < -0.39 is 0 Å². The van der Waals surface area contributed by atoms with Crippen LogP contribution in [0.15, 0.2) is 60.9 Å². The van der Waals surface area contributed by atoms with Crippen molar-refractivity contribution >= 4 is 21.8 Å². The van der Waals surface area contributed by atoms with Crippen molar-refractivity contribution < 1.29 is 0 Å². The highest BCUT2D eigenvalue weighted by Crippen LogP contribution is 2.25. The summed E-state index contributed by atoms with van der Waals surface area (Å²) in [4.78, 5) is 8.81. The molecule has 3 heterocycles. The Morgan fingerprint density at radius 1 is 0.926 bits per heavy atom. The molecule has 1 unspecified atom stereocenters. The van der Waals surface area contributed by atoms with E-state index in [2.05, 4.69) is 77.4 Å². The van der Waals surface area contributed by atoms with Crippen molar-refractivity contribution in [3.8, 4) is 0 Å². The number of nitrogens with one attached hydrogen (secondary N) is 2. The van der Waals surface area contributed by atoms with Crippen LogP contribution in [-0.4, -0.2) is 34.5 Å². The summed E-state index contributed by atoms with van der Waals surface area (Å²) in [5.74, 6) is 0. The van der Waals surface area contributed by atoms with Gasteiger partial charge in [-0.25, -0.2) is 0 Å². The summed E-state index contributed by atoms with van der Waals surface area (Å²) in [6, 6.07) is 17.5. The van der Waals surface area contributed by atoms with E-state index in [4.69, 9.17) is 5.73 Å². The Bertz CT molecular complexity index is 947. The Morgan fingerprint density at radius 3 is 1.89 bits per heavy atom. The van der Waals surface area contributed by atoms with Gasteiger partial charge >= 0.3 is 0 Å². The molecule has 4 nitrogen and oxygen atoms in total. The smallest absolute Gasteiger partial charge is 0.0552 e. The van der Waals surface area contributed by atoms with Gasteiger partial charge in [0.15, 0.2) is 0 Å². The average Bonchev–Trinajstić information content (AvgIpc) is 3.42. The van der Waals surface area contributed by atoms with Crippen molar-refractivity contribution in [1.29, 1.82) is 0 Å². The molecule has 1 fully saturated rings. The number of fused-ring (bicyclic) bond motifs is 2. The molecular weight excluding hydrogens is 332 g/mol. The monoisotopic (exact) mass is 360 g/mol. The number of benzene rings is 2. The zero-order valence-electron chi connectivity index (χ0n) is 16.1. The molecule has 5 rings (SSSR count). The van der Waals surface area contributed by atoms with Crippen LogP contribution < -0.4 is 5.73 Å². The number of nitrogens with zero attached hydrogens (tertiary/aromatic N) is 1. The SMILES string of the molecule is CC1CCCN1C.NC(c1ccc2[nH]ccc2c1)c1ccc2[nH]ccc2c1. The van der Waals surface area contributed by atoms with E-state index in [1.165, 1.54) is 30.2 Å². The average molecular weight is 361 g/mol. The lowest BCUT2D eigenvalue weighted by molar-refractivity contribution is 0.331. The number of aromatic amines is 2. The molecule has 1 aliphatic heterocycles. The van der Waals surface area contributed by atoms with Crippen molar-refractivity contribution in [3.05, 3.63) is 72.1 Å². The molecule has 1 aliphatic rings. The highest BCUT2D eigenvalue weighted by Gasteiger charge is 2.14. The Labute approximate surface area is 160 Å². The molecule has 1 atom stereocenters. The van der Waals surface area contributed by atoms with Crippen LogP contribution in [-0.2, 0) is 0 Å². The second-order valence-corrected chi connectivity index (χ2v) is 7.60. The second-order valence-electron chi connectivity index (χ2n) is 7.60. The first-order valence-electron chi connectivity index (χ1n) is 9.72. The van der Waals surface area contributed by atoms with E-state index in [-0.39, 0.29) is 6.04 Å². The summed E-state index contributed by atoms with van der Waals surface area (Å²) in [7, 11) is 2.19. The number of aromatic nitrogens is 2. The molecule has 0 aliphatic carbocycles. The quantitative estimate of drug-likeness (QED) is 0.481. The van der Waals surface area contributed by atoms with Crippen LogP contribution in [0, 0.1) is 0 Å². The van der Waals surface area contributed by atoms with Crippen LogP contribution in [0.4, 0.5) is 0 Å². The molecule has 140 valence electrons. The maximum Gasteiger partial charge on any atom is 0.0552 e. The predicted molar refractivity (Wildman–Crippen MR) is 114 cm³/mol. The molecule has 4 heteroatoms. The van der Waals surface area contributed by atoms with Crippen LogP contribution >= 0.6 is 0 Å². The Balaban J connectivity index is 0.000000218. The van der Waals surface area contributed by atoms with Gasteiger partial charge in [0.1, 0.15) is 0 Å². The molecule has 1 saturated heterocycles. The molecule has 27 heavy (non-hydrogen) atoms. The van der Waals surface area contributed by atoms with E-state index in [9.17, 15) is 0 Å². The summed E-state index contributed by atoms with van der Waals surface area (Å²) >= 11 is 0. The van der Waals surface area contributed by atoms with Crippen LogP contribution in [0.1, 0.15) is 36.9 Å². The maximum atomic E-state index is 6.42. The van der Waals surface area contributed by atoms with Gasteiger partial charge in [0.25, 0.3) is 0 Å². The Morgan fingerprint density at radius 2 is 1.48 bits per heavy atom. The molecule has 0 radical (unpaired) electrons. The van der Waals surface area contributed by atoms with E-state index in [1.54, 1.807) is 0 Å². The normalized spacial score (nSPS) is 17.6. The lowest BCUT2D eigenvalue weighted by Gasteiger charge is -2.13. The van der Waals surface area contributed by atoms with Gasteiger partial charge in [0.2, 0.25) is 0 Å². The van der Waals surface area contributed by atoms with Crippen LogP contribution in [0.3, 0.4) is 0 Å². The number of nitrogens with two attached hydrogens (primary N) is 1. The maximum absolute atomic E-state index is 6.42. The van der Waals surface area contributed by atoms with Gasteiger partial charge in [-0.15, -0.1) is 0 Å². The van der Waals surface area contributed by atoms with E-state index in [0.29, 0.717) is 0 Å². The van der Waals surface area contributed by atoms with Gasteiger partial charge in [0.05, 0.1) is 6.04 Å². The number of hydrogen-bond donors (Lipinski definition) is 3. The van der Waals surface area contributed by atoms with Gasteiger partial charge in [-0.05, 0) is 91.7 Å². The van der Waals surface area contributed by atoms with Crippen molar-refractivity contribution in [2.24, 2.45) is 5.73 Å². The van der Waals surface area contributed by atoms with E-state index in [1.807, 2.05) is 12.4 Å². The van der Waals surface area contributed by atoms with Gasteiger partial charge in [-0.1, -0.05) is 12.1 Å². The summed E-state index contributed by atoms with van der Waals surface area (Å²) in [5, 5.41) is 2.39. The largest absolute Gasteiger partial charge is 0.361 e. The van der Waals surface area contributed by atoms with Crippen LogP contribution in [0.5, 0.6) is 0 Å². The fraction of sp³-hybridized carbons (Fsp3) is 0.304. The lowest BCUT2D eigenvalue weighted by Crippen LogP contribution is -2.20. The molecule has 0 amide bonds. The molecule has 4 aromatic rings. The molecule has 4 N–H and O–H groups in total. The first kappa shape index (κ1) is 17.8. The minimum atomic E-state index is -0.103. The molecule has 2 aromatic carbocycles. The van der Waals surface area contributed by atoms with E-state index in [0.717, 1.165) is 28.2 Å². The topological polar surface area (TPSA) is 60.8 Å². The van der Waals surface area contributed by atoms with Gasteiger partial charge in [-0.2, -0.15) is 0 Å². The third-order valence-corrected chi connectivity index (χ3v) is 5.76. The van der Waals surface area contributed by atoms with Gasteiger partial charge in [-0.3, -0.25) is 0 Å². The third-order valence-electron chi connectivity index (χ3n) is 5.76. The highest BCUT2D eigenvalue weighted by molar-refractivity contribution is 5.81. The van der Waals surface area contributed by atoms with Gasteiger partial charge < -0.3 is 20.6 Å². The highest BCUT2D eigenvalue weighted by atomic mass is 15.1. The summed E-state index contributed by atoms with van der Waals surface area (Å²) in [6.45, 7) is 3.59. The summed E-state index contributed by atoms with van der Waals surface area (Å²) in [5.41, 5.74) is 11.0. The lowest BCUT2D eigenvalue weighted by atomic mass is 9.97. The fourth-order valence-corrected chi connectivity index (χ4v) is 3.80. The number of likely N-dealkylation sites (tertiary alicyclic amines) is 1. The summed E-state index contributed by atoms with van der Waals surface area (Å²) < 4.78 is 0. The zero-order chi connectivity index (χ0) is 18.8. The fourth-order valence-electron chi connectivity index (χ4n) is 3.80. The standard InChI is InChI=1S/C17H15N3.C6H13N/c18-17(13-1-3-15-11(9-13)5-7-19-15)14-2-4-16-12(10-14)6-8-20-16;1-6-4-3-5-7(6)2/h1-10,17,19-20H,18H2;6H,3-5H2,1-2H3. The van der Waals surface area contributed by atoms with Crippen molar-refractivity contribution in [2.45, 2.75) is 31.8 Å². The Kier molecular flexibility index (Phi) is 5.01. The minimum absolute atomic E-state index is 0.103. The number of rotatable bonds is 2. The third kappa shape index (κ3) is 3.77. The second kappa shape index (κ2) is 7.59. The number of H-pyrrole nitrogens is 2. The molecule has 0 saturated carbocycles. The zero-order valence-corrected chi connectivity index (χ0v) is 16.1. The van der Waals surface area contributed by atoms with Crippen molar-refractivity contribution in [3.63, 3.8) is 0 Å². The van der Waals surface area contributed by atoms with Crippen LogP contribution in [0.2, 0.25) is 0 Å². The predicted octanol–water partition coefficient (Wildman–Crippen LogP) is 4.80. The molecule has 0 spiro atoms. The van der Waals surface area contributed by atoms with Gasteiger partial charge in [0, 0.05) is 29.5 Å². The van der Waals surface area contributed by atoms with E-state index >= 15 is 0 Å². The number of hydrogen-bond acceptors (Lipinski definition) is 2. The molecule has 0 bridgehead atoms. The molecular formula is C23H28N4. The first-order valence-corrected chi connectivity index (χ1v) is 9.72. The summed E-state index contributed by atoms with van der Waals surface area (Å²) in [6.07, 6.45) is 6.70. The van der Waals surface area contributed by atoms with Crippen molar-refractivity contribution in [1.82, 2.24) is 14.9 Å². The van der Waals surface area contributed by atoms with Crippen molar-refractivity contribution in [2.75, 3.05) is 13.6 Å². The first-order chi connectivity index (χ1) is 13.1.